The normalized spacial score (nSPS) is 13.5. The molecule has 0 bridgehead atoms. The van der Waals surface area contributed by atoms with Crippen molar-refractivity contribution in [3.05, 3.63) is 69.7 Å². The summed E-state index contributed by atoms with van der Waals surface area (Å²) in [5, 5.41) is 14.0. The molecule has 11 heteroatoms. The van der Waals surface area contributed by atoms with Crippen molar-refractivity contribution in [1.82, 2.24) is 19.9 Å². The smallest absolute Gasteiger partial charge is 0.217 e. The number of nitrogens with zero attached hydrogens (tertiary/aromatic N) is 5. The predicted octanol–water partition coefficient (Wildman–Crippen LogP) is 4.86. The van der Waals surface area contributed by atoms with E-state index in [-0.39, 0.29) is 0 Å². The molecule has 10 nitrogen and oxygen atoms in total. The highest BCUT2D eigenvalue weighted by molar-refractivity contribution is 9.10. The number of rotatable bonds is 12. The maximum Gasteiger partial charge on any atom is 0.217 e. The van der Waals surface area contributed by atoms with E-state index in [1.54, 1.807) is 26.4 Å². The third-order valence-corrected chi connectivity index (χ3v) is 7.69. The molecule has 224 valence electrons. The van der Waals surface area contributed by atoms with E-state index in [1.807, 2.05) is 74.4 Å². The Hall–Kier alpha value is -3.67. The summed E-state index contributed by atoms with van der Waals surface area (Å²) in [6, 6.07) is 15.2. The van der Waals surface area contributed by atoms with E-state index in [2.05, 4.69) is 25.9 Å². The summed E-state index contributed by atoms with van der Waals surface area (Å²) in [5.41, 5.74) is 1.26. The summed E-state index contributed by atoms with van der Waals surface area (Å²) >= 11 is 3.59. The molecule has 1 N–H and O–H groups in total. The van der Waals surface area contributed by atoms with Gasteiger partial charge in [-0.25, -0.2) is 4.98 Å². The Kier molecular flexibility index (Phi) is 9.75. The molecule has 3 aromatic heterocycles. The summed E-state index contributed by atoms with van der Waals surface area (Å²) in [7, 11) is 14.0. The monoisotopic (exact) mass is 639 g/mol. The van der Waals surface area contributed by atoms with Crippen LogP contribution in [-0.4, -0.2) is 88.1 Å². The summed E-state index contributed by atoms with van der Waals surface area (Å²) < 4.78 is 23.5. The van der Waals surface area contributed by atoms with Gasteiger partial charge in [-0.05, 0) is 62.0 Å². The minimum absolute atomic E-state index is 0.320. The maximum absolute atomic E-state index is 13.1. The topological polar surface area (TPSA) is 102 Å². The van der Waals surface area contributed by atoms with Crippen LogP contribution in [0, 0.1) is 0 Å². The molecule has 0 aliphatic carbocycles. The van der Waals surface area contributed by atoms with Crippen LogP contribution in [-0.2, 0) is 5.60 Å². The number of ether oxygens (including phenoxy) is 4. The zero-order valence-corrected chi connectivity index (χ0v) is 26.9. The van der Waals surface area contributed by atoms with Crippen molar-refractivity contribution in [1.29, 1.82) is 0 Å². The molecule has 3 heterocycles. The van der Waals surface area contributed by atoms with Gasteiger partial charge in [0.1, 0.15) is 11.4 Å². The Bertz CT molecular complexity index is 1530. The average Bonchev–Trinajstić information content (AvgIpc) is 2.99. The minimum Gasteiger partial charge on any atom is -0.481 e. The van der Waals surface area contributed by atoms with Crippen LogP contribution in [0.4, 0.5) is 5.82 Å². The number of hydrogen-bond acceptors (Lipinski definition) is 10. The number of methoxy groups -OCH3 is 4. The fourth-order valence-electron chi connectivity index (χ4n) is 5.03. The molecular weight excluding hydrogens is 602 g/mol. The number of halogens is 1. The molecule has 0 spiro atoms. The number of benzene rings is 1. The van der Waals surface area contributed by atoms with Gasteiger partial charge in [0.15, 0.2) is 0 Å². The highest BCUT2D eigenvalue weighted by Crippen LogP contribution is 2.49. The van der Waals surface area contributed by atoms with E-state index in [0.717, 1.165) is 20.9 Å². The van der Waals surface area contributed by atoms with Gasteiger partial charge in [0, 0.05) is 60.2 Å². The van der Waals surface area contributed by atoms with Gasteiger partial charge in [-0.2, -0.15) is 9.97 Å². The number of pyridine rings is 3. The van der Waals surface area contributed by atoms with E-state index in [1.165, 1.54) is 14.2 Å². The van der Waals surface area contributed by atoms with Crippen LogP contribution in [0.1, 0.15) is 29.0 Å². The first-order valence-corrected chi connectivity index (χ1v) is 14.2. The lowest BCUT2D eigenvalue weighted by Crippen LogP contribution is -2.38. The van der Waals surface area contributed by atoms with Gasteiger partial charge >= 0.3 is 0 Å². The van der Waals surface area contributed by atoms with Gasteiger partial charge in [0.2, 0.25) is 23.5 Å². The molecule has 2 atom stereocenters. The molecular formula is C31H38BrN5O5. The standard InChI is InChI=1S/C31H38BrN5O5/c1-36(2)12-11-31(38,21-17-27(40-6)35-28(18-21)41-7)29(20-15-25(37(3)4)34-26(16-20)39-5)23-14-19-13-22(32)9-10-24(19)33-30(23)42-8/h9-10,13-18,29,38H,11-12H2,1-8H3. The number of aliphatic hydroxyl groups is 1. The lowest BCUT2D eigenvalue weighted by atomic mass is 9.72. The first-order valence-electron chi connectivity index (χ1n) is 13.4. The SMILES string of the molecule is COc1cc(C(O)(CCN(C)C)C(c2cc(OC)nc(N(C)C)c2)c2cc3cc(Br)ccc3nc2OC)cc(OC)n1. The second kappa shape index (κ2) is 13.1. The molecule has 0 radical (unpaired) electrons. The van der Waals surface area contributed by atoms with Crippen molar-refractivity contribution in [2.24, 2.45) is 0 Å². The van der Waals surface area contributed by atoms with Crippen molar-refractivity contribution in [3.63, 3.8) is 0 Å². The van der Waals surface area contributed by atoms with Gasteiger partial charge in [-0.15, -0.1) is 0 Å². The van der Waals surface area contributed by atoms with E-state index in [0.29, 0.717) is 53.4 Å². The number of hydrogen-bond donors (Lipinski definition) is 1. The van der Waals surface area contributed by atoms with Crippen molar-refractivity contribution >= 4 is 32.7 Å². The molecule has 4 rings (SSSR count). The molecule has 0 saturated carbocycles. The fourth-order valence-corrected chi connectivity index (χ4v) is 5.41. The molecule has 0 aliphatic heterocycles. The van der Waals surface area contributed by atoms with E-state index in [9.17, 15) is 5.11 Å². The molecule has 4 aromatic rings. The Morgan fingerprint density at radius 1 is 0.810 bits per heavy atom. The largest absolute Gasteiger partial charge is 0.481 e. The van der Waals surface area contributed by atoms with Gasteiger partial charge < -0.3 is 33.9 Å². The Morgan fingerprint density at radius 3 is 2.02 bits per heavy atom. The van der Waals surface area contributed by atoms with Crippen LogP contribution in [0.25, 0.3) is 10.9 Å². The van der Waals surface area contributed by atoms with E-state index in [4.69, 9.17) is 23.9 Å². The van der Waals surface area contributed by atoms with Gasteiger partial charge in [0.05, 0.1) is 34.0 Å². The lowest BCUT2D eigenvalue weighted by Gasteiger charge is -2.39. The van der Waals surface area contributed by atoms with E-state index < -0.39 is 11.5 Å². The zero-order valence-electron chi connectivity index (χ0n) is 25.3. The third kappa shape index (κ3) is 6.53. The Morgan fingerprint density at radius 2 is 1.45 bits per heavy atom. The molecule has 0 amide bonds. The molecule has 42 heavy (non-hydrogen) atoms. The van der Waals surface area contributed by atoms with Gasteiger partial charge in [-0.3, -0.25) is 0 Å². The molecule has 0 aliphatic rings. The first kappa shape index (κ1) is 31.3. The van der Waals surface area contributed by atoms with Crippen LogP contribution in [0.2, 0.25) is 0 Å². The van der Waals surface area contributed by atoms with Crippen molar-refractivity contribution in [2.45, 2.75) is 17.9 Å². The van der Waals surface area contributed by atoms with Crippen LogP contribution < -0.4 is 23.8 Å². The van der Waals surface area contributed by atoms with Crippen LogP contribution >= 0.6 is 15.9 Å². The van der Waals surface area contributed by atoms with Crippen molar-refractivity contribution in [2.75, 3.05) is 68.1 Å². The maximum atomic E-state index is 13.1. The fraction of sp³-hybridized carbons (Fsp3) is 0.387. The second-order valence-electron chi connectivity index (χ2n) is 10.5. The summed E-state index contributed by atoms with van der Waals surface area (Å²) in [5.74, 6) is 1.42. The quantitative estimate of drug-likeness (QED) is 0.231. The second-order valence-corrected chi connectivity index (χ2v) is 11.4. The number of fused-ring (bicyclic) bond motifs is 1. The van der Waals surface area contributed by atoms with Crippen LogP contribution in [0.15, 0.2) is 53.0 Å². The lowest BCUT2D eigenvalue weighted by molar-refractivity contribution is 0.00326. The highest BCUT2D eigenvalue weighted by atomic mass is 79.9. The van der Waals surface area contributed by atoms with Crippen LogP contribution in [0.3, 0.4) is 0 Å². The first-order chi connectivity index (χ1) is 20.0. The highest BCUT2D eigenvalue weighted by Gasteiger charge is 2.43. The Balaban J connectivity index is 2.14. The van der Waals surface area contributed by atoms with Crippen LogP contribution in [0.5, 0.6) is 23.5 Å². The zero-order chi connectivity index (χ0) is 30.6. The van der Waals surface area contributed by atoms with Crippen molar-refractivity contribution < 1.29 is 24.1 Å². The summed E-state index contributed by atoms with van der Waals surface area (Å²) in [6.07, 6.45) is 0.336. The summed E-state index contributed by atoms with van der Waals surface area (Å²) in [6.45, 7) is 0.567. The molecule has 0 fully saturated rings. The predicted molar refractivity (Wildman–Crippen MR) is 167 cm³/mol. The Labute approximate surface area is 255 Å². The van der Waals surface area contributed by atoms with Gasteiger partial charge in [-0.1, -0.05) is 15.9 Å². The molecule has 0 saturated heterocycles. The minimum atomic E-state index is -1.53. The average molecular weight is 641 g/mol. The van der Waals surface area contributed by atoms with Gasteiger partial charge in [0.25, 0.3) is 0 Å². The van der Waals surface area contributed by atoms with Crippen molar-refractivity contribution in [3.8, 4) is 23.5 Å². The third-order valence-electron chi connectivity index (χ3n) is 7.20. The summed E-state index contributed by atoms with van der Waals surface area (Å²) in [4.78, 5) is 17.8. The van der Waals surface area contributed by atoms with E-state index >= 15 is 0 Å². The molecule has 2 unspecified atom stereocenters. The molecule has 1 aromatic carbocycles. The number of anilines is 1. The number of aromatic nitrogens is 3.